The van der Waals surface area contributed by atoms with Gasteiger partial charge in [0.15, 0.2) is 0 Å². The fourth-order valence-electron chi connectivity index (χ4n) is 3.61. The molecular weight excluding hydrogens is 595 g/mol. The van der Waals surface area contributed by atoms with Gasteiger partial charge in [-0.25, -0.2) is 0 Å². The third-order valence-electron chi connectivity index (χ3n) is 4.98. The summed E-state index contributed by atoms with van der Waals surface area (Å²) in [4.78, 5) is 22.8. The van der Waals surface area contributed by atoms with E-state index in [0.29, 0.717) is 5.92 Å². The third kappa shape index (κ3) is 11.1. The van der Waals surface area contributed by atoms with E-state index in [2.05, 4.69) is 35.3 Å². The Balaban J connectivity index is 0. The Morgan fingerprint density at radius 3 is 2.06 bits per heavy atom. The van der Waals surface area contributed by atoms with Gasteiger partial charge in [-0.3, -0.25) is 4.98 Å². The summed E-state index contributed by atoms with van der Waals surface area (Å²) in [6.07, 6.45) is 9.39. The van der Waals surface area contributed by atoms with Crippen molar-refractivity contribution in [3.05, 3.63) is 82.4 Å². The number of nitrogens with zero attached hydrogens (tertiary/aromatic N) is 2. The molecule has 0 spiro atoms. The molecule has 1 aromatic heterocycles. The summed E-state index contributed by atoms with van der Waals surface area (Å²) < 4.78 is 0. The van der Waals surface area contributed by atoms with Crippen LogP contribution in [0.3, 0.4) is 0 Å². The van der Waals surface area contributed by atoms with Gasteiger partial charge in [0.05, 0.1) is 10.6 Å². The fraction of sp³-hybridized carbons (Fsp3) is 0.364. The number of carbonyl (C=O) groups is 1. The molecule has 0 saturated heterocycles. The first-order valence-electron chi connectivity index (χ1n) is 9.71. The Bertz CT molecular complexity index is 893. The number of carbonyl (C=O) groups excluding carboxylic acids is 1. The van der Waals surface area contributed by atoms with Crippen LogP contribution >= 0.6 is 0 Å². The van der Waals surface area contributed by atoms with Crippen LogP contribution in [-0.2, 0) is 25.9 Å². The van der Waals surface area contributed by atoms with Crippen LogP contribution in [0.4, 0.5) is 0 Å². The molecule has 1 aliphatic carbocycles. The average molecular weight is 624 g/mol. The molecule has 1 heterocycles. The monoisotopic (exact) mass is 623 g/mol. The summed E-state index contributed by atoms with van der Waals surface area (Å²) in [5.74, 6) is -0.225. The number of carboxylic acids is 1. The van der Waals surface area contributed by atoms with Gasteiger partial charge in [0.25, 0.3) is 0 Å². The molecule has 0 aliphatic heterocycles. The molecule has 0 unspecified atom stereocenters. The van der Waals surface area contributed by atoms with Gasteiger partial charge in [0.1, 0.15) is 0 Å². The van der Waals surface area contributed by atoms with Crippen molar-refractivity contribution in [3.8, 4) is 0 Å². The van der Waals surface area contributed by atoms with Gasteiger partial charge in [0.2, 0.25) is 0 Å². The van der Waals surface area contributed by atoms with Crippen molar-refractivity contribution in [3.63, 3.8) is 0 Å². The Hall–Kier alpha value is -2.61. The van der Waals surface area contributed by atoms with Gasteiger partial charge >= 0.3 is 21.1 Å². The van der Waals surface area contributed by atoms with Crippen molar-refractivity contribution in [1.82, 2.24) is 4.98 Å². The maximum atomic E-state index is 10.1. The topological polar surface area (TPSA) is 186 Å². The zero-order valence-electron chi connectivity index (χ0n) is 17.6. The van der Waals surface area contributed by atoms with Crippen molar-refractivity contribution < 1.29 is 36.1 Å². The number of carboxylic acid groups (broad SMARTS) is 1. The van der Waals surface area contributed by atoms with Gasteiger partial charge in [-0.1, -0.05) is 74.6 Å². The number of aliphatic carboxylic acids is 1. The zero-order valence-corrected chi connectivity index (χ0v) is 19.9. The van der Waals surface area contributed by atoms with E-state index in [1.54, 1.807) is 0 Å². The molecule has 4 N–H and O–H groups in total. The summed E-state index contributed by atoms with van der Waals surface area (Å²) in [5.41, 5.74) is 1.06. The first kappa shape index (κ1) is 31.6. The molecule has 3 aromatic rings. The zero-order chi connectivity index (χ0) is 21.1. The van der Waals surface area contributed by atoms with Crippen molar-refractivity contribution in [2.75, 3.05) is 0 Å². The standard InChI is InChI=1S/C13H9N.C9H16O2.NO3.2H2N.Pt/c1-2-6-11-10(5-1)9-14-13-8-4-3-7-12(11)13;10-9(11)7-6-8-4-2-1-3-5-8;2-1(3)4;;;/h1-9H;8H,1-7H2,(H,10,11);;2*1H2;/q;;3*-1;+4/p-1. The van der Waals surface area contributed by atoms with E-state index >= 15 is 0 Å². The minimum absolute atomic E-state index is 0. The molecule has 1 fully saturated rings. The molecule has 4 rings (SSSR count). The van der Waals surface area contributed by atoms with Gasteiger partial charge in [-0.05, 0) is 30.2 Å². The molecule has 1 aliphatic rings. The number of hydrogen-bond acceptors (Lipinski definition) is 6. The van der Waals surface area contributed by atoms with E-state index in [0.717, 1.165) is 11.9 Å². The average Bonchev–Trinajstić information content (AvgIpc) is 2.73. The van der Waals surface area contributed by atoms with Gasteiger partial charge in [-0.2, -0.15) is 0 Å². The maximum absolute atomic E-state index is 10.1. The van der Waals surface area contributed by atoms with Crippen LogP contribution in [0.25, 0.3) is 34.0 Å². The SMILES string of the molecule is O=C([O-])CCC1CCCCC1.O=[N+]([O-])[O-].[NH2-].[NH2-].[Pt+4].c1ccc2c(c1)cnc1ccccc12. The second-order valence-electron chi connectivity index (χ2n) is 7.00. The quantitative estimate of drug-likeness (QED) is 0.205. The predicted octanol–water partition coefficient (Wildman–Crippen LogP) is 5.68. The normalized spacial score (nSPS) is 12.4. The second kappa shape index (κ2) is 17.0. The minimum Gasteiger partial charge on any atom is -0.693 e. The molecule has 0 radical (unpaired) electrons. The van der Waals surface area contributed by atoms with Crippen LogP contribution < -0.4 is 5.11 Å². The molecule has 0 atom stereocenters. The molecule has 10 heteroatoms. The summed E-state index contributed by atoms with van der Waals surface area (Å²) in [6.45, 7) is 0. The van der Waals surface area contributed by atoms with Crippen molar-refractivity contribution in [1.29, 1.82) is 0 Å². The van der Waals surface area contributed by atoms with E-state index in [4.69, 9.17) is 15.3 Å². The molecule has 2 aromatic carbocycles. The molecule has 1 saturated carbocycles. The third-order valence-corrected chi connectivity index (χ3v) is 4.98. The predicted molar refractivity (Wildman–Crippen MR) is 121 cm³/mol. The van der Waals surface area contributed by atoms with E-state index in [1.165, 1.54) is 48.3 Å². The van der Waals surface area contributed by atoms with Crippen LogP contribution in [0.5, 0.6) is 0 Å². The minimum atomic E-state index is -1.75. The molecule has 9 nitrogen and oxygen atoms in total. The van der Waals surface area contributed by atoms with E-state index in [9.17, 15) is 9.90 Å². The van der Waals surface area contributed by atoms with E-state index in [1.807, 2.05) is 24.4 Å². The Labute approximate surface area is 201 Å². The number of hydrogen-bond donors (Lipinski definition) is 0. The van der Waals surface area contributed by atoms with Gasteiger partial charge in [0, 0.05) is 22.9 Å². The largest absolute Gasteiger partial charge is 4.00 e. The fourth-order valence-corrected chi connectivity index (χ4v) is 3.61. The van der Waals surface area contributed by atoms with Crippen LogP contribution in [0, 0.1) is 21.2 Å². The van der Waals surface area contributed by atoms with E-state index < -0.39 is 11.1 Å². The molecule has 0 amide bonds. The van der Waals surface area contributed by atoms with E-state index in [-0.39, 0.29) is 39.8 Å². The number of pyridine rings is 1. The first-order chi connectivity index (χ1) is 14.0. The molecule has 0 bridgehead atoms. The molecule has 32 heavy (non-hydrogen) atoms. The summed E-state index contributed by atoms with van der Waals surface area (Å²) >= 11 is 0. The number of para-hydroxylation sites is 1. The van der Waals surface area contributed by atoms with Gasteiger partial charge < -0.3 is 37.5 Å². The summed E-state index contributed by atoms with van der Waals surface area (Å²) in [5, 5.41) is 28.6. The second-order valence-corrected chi connectivity index (χ2v) is 7.00. The van der Waals surface area contributed by atoms with Gasteiger partial charge in [-0.15, -0.1) is 0 Å². The number of benzene rings is 2. The first-order valence-corrected chi connectivity index (χ1v) is 9.71. The van der Waals surface area contributed by atoms with Crippen LogP contribution in [0.15, 0.2) is 54.7 Å². The van der Waals surface area contributed by atoms with Crippen molar-refractivity contribution in [2.45, 2.75) is 44.9 Å². The van der Waals surface area contributed by atoms with Crippen LogP contribution in [-0.4, -0.2) is 16.0 Å². The Morgan fingerprint density at radius 1 is 0.938 bits per heavy atom. The smallest absolute Gasteiger partial charge is 0.693 e. The van der Waals surface area contributed by atoms with Crippen LogP contribution in [0.2, 0.25) is 0 Å². The Morgan fingerprint density at radius 2 is 1.47 bits per heavy atom. The molecular formula is C22H28N4O5Pt. The summed E-state index contributed by atoms with van der Waals surface area (Å²) in [6, 6.07) is 16.6. The van der Waals surface area contributed by atoms with Crippen LogP contribution in [0.1, 0.15) is 44.9 Å². The number of rotatable bonds is 3. The van der Waals surface area contributed by atoms with Crippen molar-refractivity contribution >= 4 is 27.6 Å². The molecule has 176 valence electrons. The number of aromatic nitrogens is 1. The van der Waals surface area contributed by atoms with Crippen molar-refractivity contribution in [2.24, 2.45) is 5.92 Å². The Kier molecular flexibility index (Phi) is 16.8. The number of nitrogens with two attached hydrogens (primary N) is 2. The summed E-state index contributed by atoms with van der Waals surface area (Å²) in [7, 11) is 0. The number of fused-ring (bicyclic) bond motifs is 3. The maximum Gasteiger partial charge on any atom is 4.00 e.